The molecule has 2 nitrogen and oxygen atoms in total. The van der Waals surface area contributed by atoms with Gasteiger partial charge >= 0.3 is 0 Å². The second kappa shape index (κ2) is 6.18. The van der Waals surface area contributed by atoms with Crippen molar-refractivity contribution >= 4 is 0 Å². The first kappa shape index (κ1) is 14.2. The molecule has 0 bridgehead atoms. The van der Waals surface area contributed by atoms with Gasteiger partial charge in [-0.25, -0.2) is 0 Å². The Morgan fingerprint density at radius 1 is 1.24 bits per heavy atom. The third-order valence-corrected chi connectivity index (χ3v) is 3.43. The van der Waals surface area contributed by atoms with Crippen molar-refractivity contribution in [2.45, 2.75) is 40.2 Å². The van der Waals surface area contributed by atoms with Crippen LogP contribution in [0.5, 0.6) is 0 Å². The molecule has 1 unspecified atom stereocenters. The van der Waals surface area contributed by atoms with Crippen LogP contribution in [0.25, 0.3) is 0 Å². The Hall–Kier alpha value is -0.860. The SMILES string of the molecule is CCC(C)(C)CNCC(N)c1ccc(C)cc1. The van der Waals surface area contributed by atoms with Crippen molar-refractivity contribution in [3.63, 3.8) is 0 Å². The second-order valence-electron chi connectivity index (χ2n) is 5.67. The predicted molar refractivity (Wildman–Crippen MR) is 75.0 cm³/mol. The maximum atomic E-state index is 6.15. The first-order valence-electron chi connectivity index (χ1n) is 6.47. The molecule has 0 heterocycles. The fraction of sp³-hybridized carbons (Fsp3) is 0.600. The molecule has 1 rings (SSSR count). The van der Waals surface area contributed by atoms with Crippen LogP contribution in [-0.4, -0.2) is 13.1 Å². The van der Waals surface area contributed by atoms with Gasteiger partial charge < -0.3 is 11.1 Å². The lowest BCUT2D eigenvalue weighted by Gasteiger charge is -2.24. The molecular formula is C15H26N2. The number of hydrogen-bond acceptors (Lipinski definition) is 2. The van der Waals surface area contributed by atoms with Gasteiger partial charge in [0, 0.05) is 19.1 Å². The number of nitrogens with one attached hydrogen (secondary N) is 1. The standard InChI is InChI=1S/C15H26N2/c1-5-15(3,4)11-17-10-14(16)13-8-6-12(2)7-9-13/h6-9,14,17H,5,10-11,16H2,1-4H3. The monoisotopic (exact) mass is 234 g/mol. The van der Waals surface area contributed by atoms with Crippen molar-refractivity contribution in [2.75, 3.05) is 13.1 Å². The molecule has 3 N–H and O–H groups in total. The van der Waals surface area contributed by atoms with E-state index in [1.807, 2.05) is 0 Å². The summed E-state index contributed by atoms with van der Waals surface area (Å²) in [4.78, 5) is 0. The summed E-state index contributed by atoms with van der Waals surface area (Å²) in [5, 5.41) is 3.46. The zero-order chi connectivity index (χ0) is 12.9. The maximum absolute atomic E-state index is 6.15. The van der Waals surface area contributed by atoms with Crippen LogP contribution in [0.4, 0.5) is 0 Å². The van der Waals surface area contributed by atoms with E-state index in [2.05, 4.69) is 57.3 Å². The molecule has 0 saturated heterocycles. The minimum absolute atomic E-state index is 0.0863. The Labute approximate surface area is 106 Å². The molecule has 0 radical (unpaired) electrons. The molecule has 0 spiro atoms. The molecule has 1 aromatic carbocycles. The van der Waals surface area contributed by atoms with E-state index in [9.17, 15) is 0 Å². The third-order valence-electron chi connectivity index (χ3n) is 3.43. The average Bonchev–Trinajstić information content (AvgIpc) is 2.29. The van der Waals surface area contributed by atoms with Gasteiger partial charge in [-0.3, -0.25) is 0 Å². The van der Waals surface area contributed by atoms with Crippen LogP contribution < -0.4 is 11.1 Å². The molecule has 1 atom stereocenters. The van der Waals surface area contributed by atoms with E-state index in [1.165, 1.54) is 17.5 Å². The number of benzene rings is 1. The summed E-state index contributed by atoms with van der Waals surface area (Å²) in [5.74, 6) is 0. The molecule has 0 saturated carbocycles. The zero-order valence-electron chi connectivity index (χ0n) is 11.6. The molecular weight excluding hydrogens is 208 g/mol. The first-order valence-corrected chi connectivity index (χ1v) is 6.47. The summed E-state index contributed by atoms with van der Waals surface area (Å²) in [6, 6.07) is 8.55. The van der Waals surface area contributed by atoms with Crippen molar-refractivity contribution in [1.29, 1.82) is 0 Å². The zero-order valence-corrected chi connectivity index (χ0v) is 11.6. The van der Waals surface area contributed by atoms with Gasteiger partial charge in [-0.05, 0) is 24.3 Å². The summed E-state index contributed by atoms with van der Waals surface area (Å²) in [6.45, 7) is 10.7. The number of rotatable bonds is 6. The Morgan fingerprint density at radius 2 is 1.82 bits per heavy atom. The van der Waals surface area contributed by atoms with Crippen LogP contribution in [0.2, 0.25) is 0 Å². The smallest absolute Gasteiger partial charge is 0.0421 e. The summed E-state index contributed by atoms with van der Waals surface area (Å²) < 4.78 is 0. The lowest BCUT2D eigenvalue weighted by atomic mass is 9.90. The molecule has 0 aromatic heterocycles. The topological polar surface area (TPSA) is 38.0 Å². The van der Waals surface area contributed by atoms with Crippen molar-refractivity contribution in [3.05, 3.63) is 35.4 Å². The average molecular weight is 234 g/mol. The highest BCUT2D eigenvalue weighted by Gasteiger charge is 2.15. The Balaban J connectivity index is 2.40. The Kier molecular flexibility index (Phi) is 5.16. The fourth-order valence-electron chi connectivity index (χ4n) is 1.62. The lowest BCUT2D eigenvalue weighted by Crippen LogP contribution is -2.34. The molecule has 0 amide bonds. The maximum Gasteiger partial charge on any atom is 0.0421 e. The Morgan fingerprint density at radius 3 is 2.35 bits per heavy atom. The number of aryl methyl sites for hydroxylation is 1. The highest BCUT2D eigenvalue weighted by atomic mass is 14.9. The number of nitrogens with two attached hydrogens (primary N) is 1. The molecule has 2 heteroatoms. The Bertz CT molecular complexity index is 327. The lowest BCUT2D eigenvalue weighted by molar-refractivity contribution is 0.325. The summed E-state index contributed by atoms with van der Waals surface area (Å²) >= 11 is 0. The van der Waals surface area contributed by atoms with Crippen molar-refractivity contribution in [2.24, 2.45) is 11.1 Å². The summed E-state index contributed by atoms with van der Waals surface area (Å²) in [7, 11) is 0. The van der Waals surface area contributed by atoms with Gasteiger partial charge in [-0.15, -0.1) is 0 Å². The van der Waals surface area contributed by atoms with E-state index in [0.29, 0.717) is 5.41 Å². The minimum atomic E-state index is 0.0863. The third kappa shape index (κ3) is 4.88. The van der Waals surface area contributed by atoms with Crippen LogP contribution in [0.15, 0.2) is 24.3 Å². The van der Waals surface area contributed by atoms with Gasteiger partial charge in [0.2, 0.25) is 0 Å². The van der Waals surface area contributed by atoms with E-state index in [0.717, 1.165) is 13.1 Å². The molecule has 0 aliphatic heterocycles. The molecule has 96 valence electrons. The van der Waals surface area contributed by atoms with Gasteiger partial charge in [0.05, 0.1) is 0 Å². The summed E-state index contributed by atoms with van der Waals surface area (Å²) in [5.41, 5.74) is 8.99. The summed E-state index contributed by atoms with van der Waals surface area (Å²) in [6.07, 6.45) is 1.18. The highest BCUT2D eigenvalue weighted by molar-refractivity contribution is 5.24. The normalized spacial score (nSPS) is 13.7. The number of hydrogen-bond donors (Lipinski definition) is 2. The van der Waals surface area contributed by atoms with Gasteiger partial charge in [-0.2, -0.15) is 0 Å². The van der Waals surface area contributed by atoms with E-state index < -0.39 is 0 Å². The largest absolute Gasteiger partial charge is 0.323 e. The molecule has 0 aliphatic carbocycles. The van der Waals surface area contributed by atoms with Crippen LogP contribution in [-0.2, 0) is 0 Å². The molecule has 17 heavy (non-hydrogen) atoms. The van der Waals surface area contributed by atoms with Crippen LogP contribution >= 0.6 is 0 Å². The van der Waals surface area contributed by atoms with E-state index in [1.54, 1.807) is 0 Å². The van der Waals surface area contributed by atoms with Gasteiger partial charge in [0.1, 0.15) is 0 Å². The van der Waals surface area contributed by atoms with Crippen molar-refractivity contribution in [1.82, 2.24) is 5.32 Å². The molecule has 1 aromatic rings. The van der Waals surface area contributed by atoms with Crippen LogP contribution in [0.3, 0.4) is 0 Å². The second-order valence-corrected chi connectivity index (χ2v) is 5.67. The predicted octanol–water partition coefficient (Wildman–Crippen LogP) is 3.02. The first-order chi connectivity index (χ1) is 7.94. The van der Waals surface area contributed by atoms with Crippen LogP contribution in [0.1, 0.15) is 44.4 Å². The van der Waals surface area contributed by atoms with Crippen LogP contribution in [0, 0.1) is 12.3 Å². The van der Waals surface area contributed by atoms with Gasteiger partial charge in [0.15, 0.2) is 0 Å². The minimum Gasteiger partial charge on any atom is -0.323 e. The van der Waals surface area contributed by atoms with E-state index in [-0.39, 0.29) is 6.04 Å². The molecule has 0 fully saturated rings. The molecule has 0 aliphatic rings. The van der Waals surface area contributed by atoms with Gasteiger partial charge in [-0.1, -0.05) is 50.6 Å². The van der Waals surface area contributed by atoms with Crippen molar-refractivity contribution < 1.29 is 0 Å². The van der Waals surface area contributed by atoms with E-state index in [4.69, 9.17) is 5.73 Å². The van der Waals surface area contributed by atoms with Gasteiger partial charge in [0.25, 0.3) is 0 Å². The quantitative estimate of drug-likeness (QED) is 0.794. The van der Waals surface area contributed by atoms with Crippen molar-refractivity contribution in [3.8, 4) is 0 Å². The fourth-order valence-corrected chi connectivity index (χ4v) is 1.62. The highest BCUT2D eigenvalue weighted by Crippen LogP contribution is 2.18. The van der Waals surface area contributed by atoms with E-state index >= 15 is 0 Å².